The summed E-state index contributed by atoms with van der Waals surface area (Å²) in [7, 11) is -8.66. The van der Waals surface area contributed by atoms with E-state index in [1.807, 2.05) is 92.0 Å². The Balaban J connectivity index is 2.69. The molecule has 1 aromatic rings. The van der Waals surface area contributed by atoms with Crippen molar-refractivity contribution in [1.29, 1.82) is 0 Å². The van der Waals surface area contributed by atoms with E-state index < -0.39 is 61.6 Å². The minimum atomic E-state index is -4.87. The first-order valence-corrected chi connectivity index (χ1v) is 20.8. The zero-order valence-electron chi connectivity index (χ0n) is 30.8. The van der Waals surface area contributed by atoms with Gasteiger partial charge in [-0.2, -0.15) is 0 Å². The molecule has 1 aromatic carbocycles. The van der Waals surface area contributed by atoms with E-state index in [4.69, 9.17) is 69.7 Å². The molecule has 48 heavy (non-hydrogen) atoms. The van der Waals surface area contributed by atoms with Crippen molar-refractivity contribution >= 4 is 73.6 Å². The molecule has 2 N–H and O–H groups in total. The van der Waals surface area contributed by atoms with Gasteiger partial charge in [-0.3, -0.25) is 0 Å². The van der Waals surface area contributed by atoms with Gasteiger partial charge in [0.05, 0.1) is 0 Å². The van der Waals surface area contributed by atoms with E-state index in [1.165, 1.54) is 0 Å². The van der Waals surface area contributed by atoms with Gasteiger partial charge in [0, 0.05) is 0 Å². The predicted octanol–water partition coefficient (Wildman–Crippen LogP) is 11.4. The van der Waals surface area contributed by atoms with Gasteiger partial charge in [-0.15, -0.1) is 0 Å². The van der Waals surface area contributed by atoms with Gasteiger partial charge in [-0.05, 0) is 0 Å². The molecule has 0 unspecified atom stereocenters. The summed E-state index contributed by atoms with van der Waals surface area (Å²) in [5, 5.41) is 3.72. The van der Waals surface area contributed by atoms with Crippen LogP contribution in [0.2, 0.25) is 20.1 Å². The van der Waals surface area contributed by atoms with Crippen LogP contribution < -0.4 is 19.6 Å². The second-order valence-electron chi connectivity index (χ2n) is 16.4. The number of ether oxygens (including phenoxy) is 2. The van der Waals surface area contributed by atoms with Crippen molar-refractivity contribution in [3.05, 3.63) is 20.1 Å². The third-order valence-electron chi connectivity index (χ3n) is 6.35. The molecule has 2 amide bonds. The number of fused-ring (bicyclic) bond motifs is 1. The Morgan fingerprint density at radius 1 is 0.750 bits per heavy atom. The molecule has 0 aromatic heterocycles. The summed E-state index contributed by atoms with van der Waals surface area (Å²) in [5.74, 6) is 0.150. The molecule has 0 radical (unpaired) electrons. The van der Waals surface area contributed by atoms with E-state index in [2.05, 4.69) is 10.5 Å². The molecule has 1 saturated heterocycles. The van der Waals surface area contributed by atoms with Crippen molar-refractivity contribution in [3.8, 4) is 11.5 Å². The zero-order chi connectivity index (χ0) is 37.4. The van der Waals surface area contributed by atoms with Gasteiger partial charge in [-0.25, -0.2) is 0 Å². The number of hydrogen-bond acceptors (Lipinski definition) is 8. The molecule has 0 saturated carbocycles. The second-order valence-corrected chi connectivity index (χ2v) is 24.1. The van der Waals surface area contributed by atoms with E-state index in [1.54, 1.807) is 27.7 Å². The van der Waals surface area contributed by atoms with Gasteiger partial charge >= 0.3 is 307 Å². The Labute approximate surface area is 306 Å². The number of carbonyl (C=O) groups excluding carboxylic acids is 2. The summed E-state index contributed by atoms with van der Waals surface area (Å²) >= 11 is 26.9. The molecule has 1 fully saturated rings. The number of nitrogens with zero attached hydrogens (tertiary/aromatic N) is 4. The Morgan fingerprint density at radius 3 is 1.46 bits per heavy atom. The van der Waals surface area contributed by atoms with E-state index in [9.17, 15) is 9.59 Å². The third kappa shape index (κ3) is 7.22. The summed E-state index contributed by atoms with van der Waals surface area (Å²) in [6.07, 6.45) is -2.79. The summed E-state index contributed by atoms with van der Waals surface area (Å²) in [5.41, 5.74) is -0.646. The first kappa shape index (κ1) is 41.5. The van der Waals surface area contributed by atoms with Crippen LogP contribution in [-0.4, -0.2) is 60.2 Å². The number of amides is 2. The maximum absolute atomic E-state index is 14.4. The molecule has 2 heterocycles. The van der Waals surface area contributed by atoms with E-state index in [-0.39, 0.29) is 31.6 Å². The van der Waals surface area contributed by atoms with Gasteiger partial charge < -0.3 is 0 Å². The van der Waals surface area contributed by atoms with Crippen molar-refractivity contribution in [2.75, 3.05) is 0 Å². The second kappa shape index (κ2) is 12.9. The summed E-state index contributed by atoms with van der Waals surface area (Å²) in [4.78, 5) is 27.9. The van der Waals surface area contributed by atoms with Crippen LogP contribution in [0, 0.1) is 0 Å². The summed E-state index contributed by atoms with van der Waals surface area (Å²) < 4.78 is 36.3. The van der Waals surface area contributed by atoms with Crippen molar-refractivity contribution in [2.45, 2.75) is 145 Å². The molecular weight excluding hydrogens is 744 g/mol. The zero-order valence-corrected chi connectivity index (χ0v) is 35.6. The Kier molecular flexibility index (Phi) is 11.2. The fourth-order valence-electron chi connectivity index (χ4n) is 5.89. The predicted molar refractivity (Wildman–Crippen MR) is 198 cm³/mol. The normalized spacial score (nSPS) is 21.8. The number of benzene rings is 1. The SMILES string of the molecule is CC(C)OC(=O)NN(C(=O)OC(C)C)P1(=NC(C)(C)C)N(C(C)(C)C)P2(NC(C)(C)C)(Oc3c(Cl)c(Cl)c(Cl)c(Cl)c3O2)N1C(C)(C)C. The van der Waals surface area contributed by atoms with Crippen LogP contribution >= 0.6 is 61.4 Å². The van der Waals surface area contributed by atoms with Crippen molar-refractivity contribution < 1.29 is 28.1 Å². The molecule has 2 aliphatic heterocycles. The van der Waals surface area contributed by atoms with Crippen LogP contribution in [0.15, 0.2) is 4.74 Å². The molecule has 18 heteroatoms. The van der Waals surface area contributed by atoms with Crippen molar-refractivity contribution in [2.24, 2.45) is 4.74 Å². The monoisotopic (exact) mass is 794 g/mol. The molecule has 0 bridgehead atoms. The third-order valence-corrected chi connectivity index (χ3v) is 19.9. The van der Waals surface area contributed by atoms with Gasteiger partial charge in [-0.1, -0.05) is 0 Å². The van der Waals surface area contributed by atoms with E-state index >= 15 is 0 Å². The number of nitrogens with one attached hydrogen (secondary N) is 2. The topological polar surface area (TPSA) is 117 Å². The first-order valence-electron chi connectivity index (χ1n) is 15.7. The average molecular weight is 797 g/mol. The van der Waals surface area contributed by atoms with Crippen LogP contribution in [0.3, 0.4) is 0 Å². The summed E-state index contributed by atoms with van der Waals surface area (Å²) in [6.45, 7) is 30.1. The minimum absolute atomic E-state index is 0.000650. The fourth-order valence-corrected chi connectivity index (χ4v) is 20.9. The number of hydrazine groups is 1. The van der Waals surface area contributed by atoms with Crippen LogP contribution in [-0.2, 0) is 9.47 Å². The summed E-state index contributed by atoms with van der Waals surface area (Å²) in [6, 6.07) is 0. The Morgan fingerprint density at radius 2 is 1.15 bits per heavy atom. The van der Waals surface area contributed by atoms with E-state index in [0.717, 1.165) is 4.78 Å². The van der Waals surface area contributed by atoms with Crippen LogP contribution in [0.25, 0.3) is 0 Å². The van der Waals surface area contributed by atoms with Crippen molar-refractivity contribution in [3.63, 3.8) is 0 Å². The number of hydrogen-bond donors (Lipinski definition) is 2. The van der Waals surface area contributed by atoms with Crippen LogP contribution in [0.5, 0.6) is 11.5 Å². The van der Waals surface area contributed by atoms with Crippen LogP contribution in [0.4, 0.5) is 9.59 Å². The van der Waals surface area contributed by atoms with E-state index in [0.29, 0.717) is 0 Å². The van der Waals surface area contributed by atoms with Crippen molar-refractivity contribution in [1.82, 2.24) is 24.2 Å². The quantitative estimate of drug-likeness (QED) is 0.133. The first-order chi connectivity index (χ1) is 21.3. The number of carbonyl (C=O) groups is 2. The number of rotatable bonds is 4. The molecular formula is C30H52Cl4N6O6P2. The molecule has 0 atom stereocenters. The average Bonchev–Trinajstić information content (AvgIpc) is 3.16. The molecule has 3 rings (SSSR count). The van der Waals surface area contributed by atoms with Gasteiger partial charge in [0.15, 0.2) is 0 Å². The van der Waals surface area contributed by atoms with Gasteiger partial charge in [0.25, 0.3) is 0 Å². The molecule has 12 nitrogen and oxygen atoms in total. The molecule has 2 aliphatic rings. The standard InChI is InChI=1S/C30H52Cl4N6O6P2/c1-17(2)43-25(41)35-38(26(42)44-18(3)4)47(36-27(5,6)7)39(29(11,12)13)48(37-28(8,9)10,40(47)30(14,15)16)45-23-21(33)19(31)20(32)22(34)24(23)46-48/h17-18,37H,1-16H3,(H,35,41). The molecule has 276 valence electrons. The molecule has 1 spiro atoms. The fraction of sp³-hybridized carbons (Fsp3) is 0.733. The Hall–Kier alpha value is -0.940. The molecule has 0 aliphatic carbocycles. The van der Waals surface area contributed by atoms with Gasteiger partial charge in [0.2, 0.25) is 0 Å². The number of halogens is 4. The van der Waals surface area contributed by atoms with Crippen LogP contribution in [0.1, 0.15) is 111 Å². The maximum atomic E-state index is 14.4. The van der Waals surface area contributed by atoms with Gasteiger partial charge in [0.1, 0.15) is 0 Å². The Bertz CT molecular complexity index is 1460.